The number of nitrogens with one attached hydrogen (secondary N) is 2. The van der Waals surface area contributed by atoms with Crippen molar-refractivity contribution >= 4 is 24.0 Å². The molecule has 0 radical (unpaired) electrons. The van der Waals surface area contributed by atoms with Crippen molar-refractivity contribution in [3.05, 3.63) is 24.0 Å². The number of carbonyl (C=O) groups is 1. The Morgan fingerprint density at radius 1 is 1.47 bits per heavy atom. The van der Waals surface area contributed by atoms with Crippen molar-refractivity contribution in [3.8, 4) is 5.75 Å². The van der Waals surface area contributed by atoms with Crippen molar-refractivity contribution in [2.45, 2.75) is 25.3 Å². The van der Waals surface area contributed by atoms with Gasteiger partial charge in [0.25, 0.3) is 0 Å². The zero-order chi connectivity index (χ0) is 13.0. The van der Waals surface area contributed by atoms with Crippen LogP contribution in [0.4, 0.5) is 10.1 Å². The first-order valence-electron chi connectivity index (χ1n) is 6.08. The molecule has 106 valence electrons. The lowest BCUT2D eigenvalue weighted by Crippen LogP contribution is -2.43. The van der Waals surface area contributed by atoms with Crippen molar-refractivity contribution in [2.24, 2.45) is 0 Å². The normalized spacial score (nSPS) is 18.3. The molecule has 1 amide bonds. The molecular formula is C13H18ClFN2O2. The topological polar surface area (TPSA) is 50.4 Å². The molecule has 1 heterocycles. The zero-order valence-electron chi connectivity index (χ0n) is 10.7. The number of halogens is 2. The molecule has 1 fully saturated rings. The smallest absolute Gasteiger partial charge is 0.241 e. The second-order valence-electron chi connectivity index (χ2n) is 4.34. The summed E-state index contributed by atoms with van der Waals surface area (Å²) in [5.41, 5.74) is 0.547. The lowest BCUT2D eigenvalue weighted by molar-refractivity contribution is -0.118. The molecule has 0 spiro atoms. The highest BCUT2D eigenvalue weighted by molar-refractivity contribution is 5.95. The van der Waals surface area contributed by atoms with Crippen LogP contribution in [-0.4, -0.2) is 25.6 Å². The van der Waals surface area contributed by atoms with Gasteiger partial charge in [-0.15, -0.1) is 12.4 Å². The van der Waals surface area contributed by atoms with Gasteiger partial charge >= 0.3 is 0 Å². The molecule has 0 unspecified atom stereocenters. The number of rotatable bonds is 3. The fourth-order valence-electron chi connectivity index (χ4n) is 2.04. The molecule has 2 rings (SSSR count). The van der Waals surface area contributed by atoms with Gasteiger partial charge in [-0.2, -0.15) is 0 Å². The van der Waals surface area contributed by atoms with Crippen LogP contribution in [0.1, 0.15) is 19.3 Å². The Labute approximate surface area is 118 Å². The number of anilines is 1. The molecule has 1 aromatic rings. The third kappa shape index (κ3) is 4.08. The highest BCUT2D eigenvalue weighted by Gasteiger charge is 2.20. The molecule has 1 aromatic carbocycles. The molecule has 0 saturated carbocycles. The lowest BCUT2D eigenvalue weighted by atomic mass is 10.0. The van der Waals surface area contributed by atoms with E-state index in [0.29, 0.717) is 5.69 Å². The number of amides is 1. The number of hydrogen-bond acceptors (Lipinski definition) is 3. The molecule has 1 saturated heterocycles. The highest BCUT2D eigenvalue weighted by Crippen LogP contribution is 2.21. The first kappa shape index (κ1) is 15.7. The predicted octanol–water partition coefficient (Wildman–Crippen LogP) is 2.34. The molecule has 0 aromatic heterocycles. The Morgan fingerprint density at radius 3 is 2.89 bits per heavy atom. The average Bonchev–Trinajstić information content (AvgIpc) is 2.42. The summed E-state index contributed by atoms with van der Waals surface area (Å²) in [5.74, 6) is -0.390. The van der Waals surface area contributed by atoms with Gasteiger partial charge in [-0.3, -0.25) is 4.79 Å². The summed E-state index contributed by atoms with van der Waals surface area (Å²) in [4.78, 5) is 11.9. The van der Waals surface area contributed by atoms with Crippen molar-refractivity contribution < 1.29 is 13.9 Å². The van der Waals surface area contributed by atoms with Gasteiger partial charge in [-0.1, -0.05) is 6.42 Å². The molecule has 2 N–H and O–H groups in total. The van der Waals surface area contributed by atoms with Crippen LogP contribution in [0.15, 0.2) is 18.2 Å². The summed E-state index contributed by atoms with van der Waals surface area (Å²) >= 11 is 0. The van der Waals surface area contributed by atoms with Crippen LogP contribution in [0.25, 0.3) is 0 Å². The van der Waals surface area contributed by atoms with Crippen LogP contribution in [0.3, 0.4) is 0 Å². The van der Waals surface area contributed by atoms with E-state index in [1.807, 2.05) is 0 Å². The molecule has 1 aliphatic heterocycles. The molecule has 19 heavy (non-hydrogen) atoms. The third-order valence-electron chi connectivity index (χ3n) is 3.05. The van der Waals surface area contributed by atoms with E-state index in [0.717, 1.165) is 25.8 Å². The van der Waals surface area contributed by atoms with Crippen molar-refractivity contribution in [1.82, 2.24) is 5.32 Å². The van der Waals surface area contributed by atoms with Crippen LogP contribution >= 0.6 is 12.4 Å². The summed E-state index contributed by atoms with van der Waals surface area (Å²) in [6, 6.07) is 4.13. The molecule has 1 atom stereocenters. The third-order valence-corrected chi connectivity index (χ3v) is 3.05. The van der Waals surface area contributed by atoms with Crippen molar-refractivity contribution in [1.29, 1.82) is 0 Å². The zero-order valence-corrected chi connectivity index (χ0v) is 11.6. The molecule has 4 nitrogen and oxygen atoms in total. The maximum Gasteiger partial charge on any atom is 0.241 e. The summed E-state index contributed by atoms with van der Waals surface area (Å²) in [6.07, 6.45) is 3.00. The van der Waals surface area contributed by atoms with E-state index in [9.17, 15) is 9.18 Å². The van der Waals surface area contributed by atoms with E-state index >= 15 is 0 Å². The quantitative estimate of drug-likeness (QED) is 0.897. The van der Waals surface area contributed by atoms with Crippen LogP contribution in [-0.2, 0) is 4.79 Å². The maximum atomic E-state index is 13.2. The van der Waals surface area contributed by atoms with E-state index in [-0.39, 0.29) is 30.1 Å². The average molecular weight is 289 g/mol. The van der Waals surface area contributed by atoms with Crippen LogP contribution in [0, 0.1) is 5.82 Å². The Morgan fingerprint density at radius 2 is 2.26 bits per heavy atom. The SMILES string of the molecule is COc1cc(NC(=O)[C@@H]2CCCCN2)ccc1F.Cl. The second-order valence-corrected chi connectivity index (χ2v) is 4.34. The van der Waals surface area contributed by atoms with E-state index in [2.05, 4.69) is 10.6 Å². The molecular weight excluding hydrogens is 271 g/mol. The number of hydrogen-bond donors (Lipinski definition) is 2. The van der Waals surface area contributed by atoms with Gasteiger partial charge in [0, 0.05) is 11.8 Å². The molecule has 6 heteroatoms. The van der Waals surface area contributed by atoms with E-state index < -0.39 is 5.82 Å². The van der Waals surface area contributed by atoms with Crippen LogP contribution in [0.5, 0.6) is 5.75 Å². The van der Waals surface area contributed by atoms with Gasteiger partial charge < -0.3 is 15.4 Å². The van der Waals surface area contributed by atoms with Gasteiger partial charge in [0.15, 0.2) is 11.6 Å². The van der Waals surface area contributed by atoms with E-state index in [1.165, 1.54) is 25.3 Å². The second kappa shape index (κ2) is 7.31. The first-order chi connectivity index (χ1) is 8.70. The van der Waals surface area contributed by atoms with Crippen LogP contribution in [0.2, 0.25) is 0 Å². The van der Waals surface area contributed by atoms with Gasteiger partial charge in [0.2, 0.25) is 5.91 Å². The molecule has 0 aliphatic carbocycles. The lowest BCUT2D eigenvalue weighted by Gasteiger charge is -2.22. The number of benzene rings is 1. The van der Waals surface area contributed by atoms with Crippen molar-refractivity contribution in [2.75, 3.05) is 19.0 Å². The van der Waals surface area contributed by atoms with E-state index in [1.54, 1.807) is 0 Å². The minimum atomic E-state index is -0.439. The molecule has 1 aliphatic rings. The summed E-state index contributed by atoms with van der Waals surface area (Å²) < 4.78 is 18.1. The Kier molecular flexibility index (Phi) is 6.05. The highest BCUT2D eigenvalue weighted by atomic mass is 35.5. The van der Waals surface area contributed by atoms with Gasteiger partial charge in [-0.25, -0.2) is 4.39 Å². The predicted molar refractivity (Wildman–Crippen MR) is 74.5 cm³/mol. The minimum absolute atomic E-state index is 0. The van der Waals surface area contributed by atoms with Gasteiger partial charge in [0.1, 0.15) is 0 Å². The largest absolute Gasteiger partial charge is 0.494 e. The minimum Gasteiger partial charge on any atom is -0.494 e. The van der Waals surface area contributed by atoms with Gasteiger partial charge in [-0.05, 0) is 31.5 Å². The number of ether oxygens (including phenoxy) is 1. The number of piperidine rings is 1. The Balaban J connectivity index is 0.00000180. The standard InChI is InChI=1S/C13H17FN2O2.ClH/c1-18-12-8-9(5-6-10(12)14)16-13(17)11-4-2-3-7-15-11;/h5-6,8,11,15H,2-4,7H2,1H3,(H,16,17);1H/t11-;/m0./s1. The maximum absolute atomic E-state index is 13.2. The number of methoxy groups -OCH3 is 1. The Bertz CT molecular complexity index is 437. The first-order valence-corrected chi connectivity index (χ1v) is 6.08. The Hall–Kier alpha value is -1.33. The number of carbonyl (C=O) groups excluding carboxylic acids is 1. The fraction of sp³-hybridized carbons (Fsp3) is 0.462. The van der Waals surface area contributed by atoms with Crippen molar-refractivity contribution in [3.63, 3.8) is 0 Å². The van der Waals surface area contributed by atoms with Gasteiger partial charge in [0.05, 0.1) is 13.2 Å². The monoisotopic (exact) mass is 288 g/mol. The fourth-order valence-corrected chi connectivity index (χ4v) is 2.04. The van der Waals surface area contributed by atoms with E-state index in [4.69, 9.17) is 4.74 Å². The molecule has 0 bridgehead atoms. The summed E-state index contributed by atoms with van der Waals surface area (Å²) in [7, 11) is 1.40. The summed E-state index contributed by atoms with van der Waals surface area (Å²) in [6.45, 7) is 0.866. The summed E-state index contributed by atoms with van der Waals surface area (Å²) in [5, 5.41) is 5.93. The van der Waals surface area contributed by atoms with Crippen LogP contribution < -0.4 is 15.4 Å².